The van der Waals surface area contributed by atoms with Crippen LogP contribution in [0.3, 0.4) is 0 Å². The molecule has 0 spiro atoms. The average Bonchev–Trinajstić information content (AvgIpc) is 3.33. The van der Waals surface area contributed by atoms with Crippen LogP contribution in [-0.2, 0) is 24.2 Å². The fourth-order valence-electron chi connectivity index (χ4n) is 5.51. The molecule has 4 fully saturated rings. The number of nitrogens with one attached hydrogen (secondary N) is 1. The first-order valence-electron chi connectivity index (χ1n) is 11.3. The van der Waals surface area contributed by atoms with Crippen LogP contribution in [0.1, 0.15) is 38.5 Å². The van der Waals surface area contributed by atoms with Gasteiger partial charge < -0.3 is 15.0 Å². The smallest absolute Gasteiger partial charge is 0.227 e. The van der Waals surface area contributed by atoms with Gasteiger partial charge in [0.25, 0.3) is 0 Å². The van der Waals surface area contributed by atoms with Crippen LogP contribution in [-0.4, -0.2) is 61.2 Å². The van der Waals surface area contributed by atoms with E-state index >= 15 is 0 Å². The van der Waals surface area contributed by atoms with Crippen LogP contribution in [0.4, 0.5) is 0 Å². The number of hydrogen-bond donors (Lipinski definition) is 1. The molecule has 0 unspecified atom stereocenters. The summed E-state index contributed by atoms with van der Waals surface area (Å²) in [4.78, 5) is 28.9. The maximum absolute atomic E-state index is 13.7. The van der Waals surface area contributed by atoms with Gasteiger partial charge in [-0.2, -0.15) is 5.26 Å². The van der Waals surface area contributed by atoms with Crippen molar-refractivity contribution in [1.29, 1.82) is 5.26 Å². The molecule has 2 aliphatic carbocycles. The fraction of sp³-hybridized carbons (Fsp3) is 0.609. The summed E-state index contributed by atoms with van der Waals surface area (Å²) in [6.45, 7) is 0.963. The lowest BCUT2D eigenvalue weighted by atomic mass is 9.92. The van der Waals surface area contributed by atoms with E-state index in [0.717, 1.165) is 12.8 Å². The van der Waals surface area contributed by atoms with Crippen LogP contribution in [0.15, 0.2) is 35.2 Å². The van der Waals surface area contributed by atoms with Gasteiger partial charge in [-0.1, -0.05) is 18.2 Å². The zero-order valence-corrected chi connectivity index (χ0v) is 18.6. The first kappa shape index (κ1) is 21.4. The lowest BCUT2D eigenvalue weighted by molar-refractivity contribution is -0.149. The van der Waals surface area contributed by atoms with E-state index in [4.69, 9.17) is 4.74 Å². The van der Waals surface area contributed by atoms with Crippen LogP contribution in [0, 0.1) is 23.2 Å². The molecule has 2 amide bonds. The van der Waals surface area contributed by atoms with Crippen LogP contribution in [0.2, 0.25) is 0 Å². The number of morpholine rings is 1. The molecule has 2 saturated carbocycles. The minimum atomic E-state index is -3.69. The molecule has 2 heterocycles. The molecular weight excluding hydrogens is 430 g/mol. The molecule has 2 aliphatic heterocycles. The molecule has 2 bridgehead atoms. The van der Waals surface area contributed by atoms with E-state index in [2.05, 4.69) is 11.4 Å². The number of hydrogen-bond acceptors (Lipinski definition) is 6. The second-order valence-corrected chi connectivity index (χ2v) is 11.7. The number of nitriles is 1. The van der Waals surface area contributed by atoms with E-state index in [1.54, 1.807) is 30.3 Å². The van der Waals surface area contributed by atoms with Gasteiger partial charge in [0.2, 0.25) is 11.8 Å². The molecule has 1 aromatic carbocycles. The van der Waals surface area contributed by atoms with Crippen molar-refractivity contribution in [3.63, 3.8) is 0 Å². The van der Waals surface area contributed by atoms with Crippen LogP contribution >= 0.6 is 0 Å². The Morgan fingerprint density at radius 3 is 2.28 bits per heavy atom. The molecule has 2 saturated heterocycles. The number of carbonyl (C=O) groups is 2. The number of rotatable bonds is 5. The number of sulfone groups is 1. The highest BCUT2D eigenvalue weighted by molar-refractivity contribution is 7.92. The van der Waals surface area contributed by atoms with Gasteiger partial charge in [-0.05, 0) is 50.7 Å². The molecule has 4 aliphatic rings. The summed E-state index contributed by atoms with van der Waals surface area (Å²) in [6.07, 6.45) is 3.09. The van der Waals surface area contributed by atoms with Crippen molar-refractivity contribution in [3.8, 4) is 6.07 Å². The fourth-order valence-corrected chi connectivity index (χ4v) is 7.35. The molecule has 5 atom stereocenters. The molecule has 1 aromatic rings. The second-order valence-electron chi connectivity index (χ2n) is 9.52. The van der Waals surface area contributed by atoms with Crippen molar-refractivity contribution in [1.82, 2.24) is 10.2 Å². The average molecular weight is 458 g/mol. The van der Waals surface area contributed by atoms with E-state index in [1.807, 2.05) is 4.90 Å². The van der Waals surface area contributed by atoms with E-state index in [1.165, 1.54) is 0 Å². The van der Waals surface area contributed by atoms with Gasteiger partial charge >= 0.3 is 0 Å². The van der Waals surface area contributed by atoms with Crippen molar-refractivity contribution in [2.24, 2.45) is 11.8 Å². The summed E-state index contributed by atoms with van der Waals surface area (Å²) in [7, 11) is -3.69. The minimum Gasteiger partial charge on any atom is -0.377 e. The molecule has 1 N–H and O–H groups in total. The molecule has 5 rings (SSSR count). The van der Waals surface area contributed by atoms with Gasteiger partial charge in [0, 0.05) is 0 Å². The number of carbonyl (C=O) groups excluding carboxylic acids is 2. The standard InChI is InChI=1S/C23H27N3O5S/c24-14-23(8-9-23)25-21(27)19-10-18(32(29,30)17-4-2-1-3-5-17)11-20(19)22(28)26-15-6-7-16(26)13-31-12-15/h1-5,15-16,18-20H,6-13H2,(H,25,27)/t15-,16+,18-,19-,20-/m1/s1. The van der Waals surface area contributed by atoms with E-state index in [0.29, 0.717) is 26.1 Å². The summed E-state index contributed by atoms with van der Waals surface area (Å²) in [6, 6.07) is 10.3. The molecule has 32 heavy (non-hydrogen) atoms. The highest BCUT2D eigenvalue weighted by atomic mass is 32.2. The van der Waals surface area contributed by atoms with Crippen molar-refractivity contribution >= 4 is 21.7 Å². The number of fused-ring (bicyclic) bond motifs is 2. The number of nitrogens with zero attached hydrogens (tertiary/aromatic N) is 2. The highest BCUT2D eigenvalue weighted by Gasteiger charge is 2.54. The third-order valence-electron chi connectivity index (χ3n) is 7.51. The zero-order valence-electron chi connectivity index (χ0n) is 17.8. The second kappa shape index (κ2) is 7.85. The topological polar surface area (TPSA) is 117 Å². The Morgan fingerprint density at radius 2 is 1.69 bits per heavy atom. The normalized spacial score (nSPS) is 32.8. The molecule has 170 valence electrons. The van der Waals surface area contributed by atoms with Crippen LogP contribution < -0.4 is 5.32 Å². The Labute approximate surface area is 187 Å². The first-order chi connectivity index (χ1) is 15.3. The third kappa shape index (κ3) is 3.59. The van der Waals surface area contributed by atoms with E-state index in [9.17, 15) is 23.3 Å². The summed E-state index contributed by atoms with van der Waals surface area (Å²) in [5.74, 6) is -2.00. The molecule has 0 radical (unpaired) electrons. The Morgan fingerprint density at radius 1 is 1.06 bits per heavy atom. The summed E-state index contributed by atoms with van der Waals surface area (Å²) < 4.78 is 32.2. The van der Waals surface area contributed by atoms with Crippen molar-refractivity contribution in [2.45, 2.75) is 66.3 Å². The van der Waals surface area contributed by atoms with Gasteiger partial charge in [-0.3, -0.25) is 9.59 Å². The number of amides is 2. The SMILES string of the molecule is N#CC1(NC(=O)[C@@H]2C[C@@H](S(=O)(=O)c3ccccc3)C[C@H]2C(=O)N2[C@@H]3CC[C@H]2COC3)CC1. The Kier molecular flexibility index (Phi) is 5.25. The summed E-state index contributed by atoms with van der Waals surface area (Å²) in [5, 5.41) is 11.4. The Balaban J connectivity index is 1.43. The number of benzene rings is 1. The maximum atomic E-state index is 13.7. The van der Waals surface area contributed by atoms with E-state index < -0.39 is 32.5 Å². The van der Waals surface area contributed by atoms with Crippen molar-refractivity contribution < 1.29 is 22.7 Å². The first-order valence-corrected chi connectivity index (χ1v) is 12.8. The van der Waals surface area contributed by atoms with Gasteiger partial charge in [0.1, 0.15) is 5.54 Å². The van der Waals surface area contributed by atoms with Crippen molar-refractivity contribution in [3.05, 3.63) is 30.3 Å². The molecule has 0 aromatic heterocycles. The molecule has 9 heteroatoms. The predicted molar refractivity (Wildman–Crippen MR) is 114 cm³/mol. The lowest BCUT2D eigenvalue weighted by Gasteiger charge is -2.37. The predicted octanol–water partition coefficient (Wildman–Crippen LogP) is 1.42. The molecule has 8 nitrogen and oxygen atoms in total. The third-order valence-corrected chi connectivity index (χ3v) is 9.70. The van der Waals surface area contributed by atoms with Gasteiger partial charge in [0.05, 0.1) is 53.3 Å². The highest BCUT2D eigenvalue weighted by Crippen LogP contribution is 2.43. The van der Waals surface area contributed by atoms with Gasteiger partial charge in [0.15, 0.2) is 9.84 Å². The van der Waals surface area contributed by atoms with Crippen molar-refractivity contribution in [2.75, 3.05) is 13.2 Å². The Hall–Kier alpha value is -2.44. The maximum Gasteiger partial charge on any atom is 0.227 e. The molecular formula is C23H27N3O5S. The van der Waals surface area contributed by atoms with Crippen LogP contribution in [0.25, 0.3) is 0 Å². The zero-order chi connectivity index (χ0) is 22.5. The summed E-state index contributed by atoms with van der Waals surface area (Å²) in [5.41, 5.74) is -0.862. The largest absolute Gasteiger partial charge is 0.377 e. The van der Waals surface area contributed by atoms with E-state index in [-0.39, 0.29) is 41.6 Å². The quantitative estimate of drug-likeness (QED) is 0.715. The Bertz CT molecular complexity index is 1050. The summed E-state index contributed by atoms with van der Waals surface area (Å²) >= 11 is 0. The lowest BCUT2D eigenvalue weighted by Crippen LogP contribution is -2.53. The van der Waals surface area contributed by atoms with Gasteiger partial charge in [-0.15, -0.1) is 0 Å². The van der Waals surface area contributed by atoms with Gasteiger partial charge in [-0.25, -0.2) is 8.42 Å². The monoisotopic (exact) mass is 457 g/mol. The number of ether oxygens (including phenoxy) is 1. The van der Waals surface area contributed by atoms with Crippen LogP contribution in [0.5, 0.6) is 0 Å². The minimum absolute atomic E-state index is 0.0105.